The van der Waals surface area contributed by atoms with Gasteiger partial charge in [-0.1, -0.05) is 31.2 Å². The molecule has 0 unspecified atom stereocenters. The molecule has 0 radical (unpaired) electrons. The molecule has 21 heavy (non-hydrogen) atoms. The van der Waals surface area contributed by atoms with Gasteiger partial charge in [-0.3, -0.25) is 4.79 Å². The van der Waals surface area contributed by atoms with E-state index in [1.165, 1.54) is 16.0 Å². The van der Waals surface area contributed by atoms with Gasteiger partial charge in [-0.25, -0.2) is 0 Å². The first-order chi connectivity index (χ1) is 9.99. The second-order valence-corrected chi connectivity index (χ2v) is 6.49. The van der Waals surface area contributed by atoms with Crippen LogP contribution in [0.3, 0.4) is 0 Å². The lowest BCUT2D eigenvalue weighted by Crippen LogP contribution is -2.41. The first-order valence-electron chi connectivity index (χ1n) is 6.88. The lowest BCUT2D eigenvalue weighted by molar-refractivity contribution is -0.130. The Bertz CT molecular complexity index is 705. The van der Waals surface area contributed by atoms with Crippen LogP contribution in [-0.4, -0.2) is 17.9 Å². The van der Waals surface area contributed by atoms with Crippen molar-refractivity contribution in [3.8, 4) is 11.1 Å². The zero-order chi connectivity index (χ0) is 15.0. The van der Waals surface area contributed by atoms with Gasteiger partial charge in [0.25, 0.3) is 0 Å². The lowest BCUT2D eigenvalue weighted by Gasteiger charge is -2.35. The van der Waals surface area contributed by atoms with E-state index in [-0.39, 0.29) is 11.3 Å². The number of hydrogen-bond donors (Lipinski definition) is 1. The van der Waals surface area contributed by atoms with Gasteiger partial charge in [0.15, 0.2) is 0 Å². The second-order valence-electron chi connectivity index (χ2n) is 5.71. The monoisotopic (exact) mass is 298 g/mol. The SMILES string of the molecule is CN1C(=O)C[C@@](C)(c2cccc(-c3ccsc3)c2)C=C1N. The van der Waals surface area contributed by atoms with Crippen LogP contribution in [0.2, 0.25) is 0 Å². The lowest BCUT2D eigenvalue weighted by atomic mass is 9.76. The Balaban J connectivity index is 2.04. The Morgan fingerprint density at radius 2 is 2.10 bits per heavy atom. The Morgan fingerprint density at radius 3 is 2.76 bits per heavy atom. The molecule has 1 amide bonds. The molecule has 0 aliphatic carbocycles. The maximum absolute atomic E-state index is 12.1. The fourth-order valence-corrected chi connectivity index (χ4v) is 3.38. The number of amides is 1. The molecule has 2 N–H and O–H groups in total. The molecular formula is C17H18N2OS. The van der Waals surface area contributed by atoms with E-state index in [0.29, 0.717) is 12.2 Å². The van der Waals surface area contributed by atoms with E-state index in [9.17, 15) is 4.79 Å². The largest absolute Gasteiger partial charge is 0.385 e. The first kappa shape index (κ1) is 13.9. The maximum Gasteiger partial charge on any atom is 0.229 e. The molecule has 3 nitrogen and oxygen atoms in total. The summed E-state index contributed by atoms with van der Waals surface area (Å²) >= 11 is 1.68. The molecule has 1 aliphatic rings. The summed E-state index contributed by atoms with van der Waals surface area (Å²) in [5, 5.41) is 4.20. The maximum atomic E-state index is 12.1. The van der Waals surface area contributed by atoms with Gasteiger partial charge < -0.3 is 10.6 Å². The summed E-state index contributed by atoms with van der Waals surface area (Å²) in [6.07, 6.45) is 2.43. The van der Waals surface area contributed by atoms with Crippen LogP contribution in [0.5, 0.6) is 0 Å². The van der Waals surface area contributed by atoms with E-state index in [1.54, 1.807) is 18.4 Å². The molecule has 2 aromatic rings. The fraction of sp³-hybridized carbons (Fsp3) is 0.235. The van der Waals surface area contributed by atoms with Crippen LogP contribution >= 0.6 is 11.3 Å². The quantitative estimate of drug-likeness (QED) is 0.924. The molecular weight excluding hydrogens is 280 g/mol. The van der Waals surface area contributed by atoms with E-state index in [4.69, 9.17) is 5.73 Å². The highest BCUT2D eigenvalue weighted by Crippen LogP contribution is 2.36. The minimum Gasteiger partial charge on any atom is -0.385 e. The molecule has 0 saturated carbocycles. The van der Waals surface area contributed by atoms with Crippen LogP contribution in [0, 0.1) is 0 Å². The fourth-order valence-electron chi connectivity index (χ4n) is 2.72. The molecule has 1 aromatic carbocycles. The number of carbonyl (C=O) groups is 1. The Labute approximate surface area is 128 Å². The molecule has 0 bridgehead atoms. The molecule has 1 atom stereocenters. The van der Waals surface area contributed by atoms with E-state index < -0.39 is 0 Å². The molecule has 1 aromatic heterocycles. The predicted molar refractivity (Wildman–Crippen MR) is 86.8 cm³/mol. The molecule has 0 fully saturated rings. The standard InChI is InChI=1S/C17H18N2OS/c1-17(9-15(18)19(2)16(20)10-17)14-5-3-4-12(8-14)13-6-7-21-11-13/h3-9,11H,10,18H2,1-2H3/t17-/m0/s1. The highest BCUT2D eigenvalue weighted by atomic mass is 32.1. The van der Waals surface area contributed by atoms with Crippen molar-refractivity contribution in [2.24, 2.45) is 5.73 Å². The molecule has 108 valence electrons. The average molecular weight is 298 g/mol. The van der Waals surface area contributed by atoms with Crippen molar-refractivity contribution in [2.45, 2.75) is 18.8 Å². The number of nitrogens with two attached hydrogens (primary N) is 1. The van der Waals surface area contributed by atoms with Gasteiger partial charge in [0.2, 0.25) is 5.91 Å². The number of allylic oxidation sites excluding steroid dienone is 1. The van der Waals surface area contributed by atoms with Crippen LogP contribution in [0.25, 0.3) is 11.1 Å². The summed E-state index contributed by atoms with van der Waals surface area (Å²) in [5.74, 6) is 0.577. The van der Waals surface area contributed by atoms with Crippen molar-refractivity contribution >= 4 is 17.2 Å². The van der Waals surface area contributed by atoms with E-state index in [2.05, 4.69) is 41.9 Å². The molecule has 0 spiro atoms. The summed E-state index contributed by atoms with van der Waals surface area (Å²) in [6.45, 7) is 2.07. The summed E-state index contributed by atoms with van der Waals surface area (Å²) in [5.41, 5.74) is 9.14. The van der Waals surface area contributed by atoms with Crippen LogP contribution < -0.4 is 5.73 Å². The summed E-state index contributed by atoms with van der Waals surface area (Å²) in [4.78, 5) is 13.6. The highest BCUT2D eigenvalue weighted by molar-refractivity contribution is 7.08. The molecule has 4 heteroatoms. The van der Waals surface area contributed by atoms with Gasteiger partial charge in [0.05, 0.1) is 0 Å². The van der Waals surface area contributed by atoms with Crippen LogP contribution in [-0.2, 0) is 10.2 Å². The summed E-state index contributed by atoms with van der Waals surface area (Å²) in [7, 11) is 1.72. The molecule has 2 heterocycles. The van der Waals surface area contributed by atoms with Crippen LogP contribution in [0.4, 0.5) is 0 Å². The Hall–Kier alpha value is -2.07. The first-order valence-corrected chi connectivity index (χ1v) is 7.82. The van der Waals surface area contributed by atoms with Gasteiger partial charge in [0, 0.05) is 18.9 Å². The zero-order valence-electron chi connectivity index (χ0n) is 12.2. The highest BCUT2D eigenvalue weighted by Gasteiger charge is 2.34. The van der Waals surface area contributed by atoms with Crippen molar-refractivity contribution in [1.29, 1.82) is 0 Å². The second kappa shape index (κ2) is 5.04. The van der Waals surface area contributed by atoms with Crippen molar-refractivity contribution < 1.29 is 4.79 Å². The van der Waals surface area contributed by atoms with E-state index >= 15 is 0 Å². The number of thiophene rings is 1. The average Bonchev–Trinajstić information content (AvgIpc) is 2.99. The molecule has 1 aliphatic heterocycles. The number of rotatable bonds is 2. The van der Waals surface area contributed by atoms with Gasteiger partial charge in [0.1, 0.15) is 5.82 Å². The summed E-state index contributed by atoms with van der Waals surface area (Å²) < 4.78 is 0. The number of carbonyl (C=O) groups excluding carboxylic acids is 1. The smallest absolute Gasteiger partial charge is 0.229 e. The number of benzene rings is 1. The van der Waals surface area contributed by atoms with Crippen LogP contribution in [0.15, 0.2) is 53.0 Å². The third kappa shape index (κ3) is 2.47. The van der Waals surface area contributed by atoms with Gasteiger partial charge in [-0.05, 0) is 39.6 Å². The number of nitrogens with zero attached hydrogens (tertiary/aromatic N) is 1. The number of hydrogen-bond acceptors (Lipinski definition) is 3. The third-order valence-corrected chi connectivity index (χ3v) is 4.81. The van der Waals surface area contributed by atoms with Crippen LogP contribution in [0.1, 0.15) is 18.9 Å². The van der Waals surface area contributed by atoms with E-state index in [0.717, 1.165) is 5.56 Å². The van der Waals surface area contributed by atoms with E-state index in [1.807, 2.05) is 12.1 Å². The Morgan fingerprint density at radius 1 is 1.29 bits per heavy atom. The summed E-state index contributed by atoms with van der Waals surface area (Å²) in [6, 6.07) is 10.5. The zero-order valence-corrected chi connectivity index (χ0v) is 13.0. The molecule has 3 rings (SSSR count). The third-order valence-electron chi connectivity index (χ3n) is 4.12. The van der Waals surface area contributed by atoms with Gasteiger partial charge in [-0.2, -0.15) is 11.3 Å². The topological polar surface area (TPSA) is 46.3 Å². The minimum atomic E-state index is -0.348. The minimum absolute atomic E-state index is 0.0541. The van der Waals surface area contributed by atoms with Crippen molar-refractivity contribution in [3.05, 3.63) is 58.6 Å². The van der Waals surface area contributed by atoms with Crippen molar-refractivity contribution in [2.75, 3.05) is 7.05 Å². The normalized spacial score (nSPS) is 22.3. The van der Waals surface area contributed by atoms with Crippen molar-refractivity contribution in [1.82, 2.24) is 4.90 Å². The van der Waals surface area contributed by atoms with Crippen molar-refractivity contribution in [3.63, 3.8) is 0 Å². The van der Waals surface area contributed by atoms with Gasteiger partial charge in [-0.15, -0.1) is 0 Å². The molecule has 0 saturated heterocycles. The Kier molecular flexibility index (Phi) is 3.33. The predicted octanol–water partition coefficient (Wildman–Crippen LogP) is 3.34. The van der Waals surface area contributed by atoms with Gasteiger partial charge >= 0.3 is 0 Å².